The highest BCUT2D eigenvalue weighted by molar-refractivity contribution is 7.99. The molecule has 0 atom stereocenters. The largest absolute Gasteiger partial charge is 0.354 e. The summed E-state index contributed by atoms with van der Waals surface area (Å²) in [6, 6.07) is 15.8. The number of rotatable bonds is 8. The molecule has 0 spiro atoms. The third-order valence-electron chi connectivity index (χ3n) is 3.14. The Morgan fingerprint density at radius 3 is 2.50 bits per heavy atom. The zero-order valence-electron chi connectivity index (χ0n) is 13.1. The van der Waals surface area contributed by atoms with Crippen LogP contribution in [0.15, 0.2) is 59.5 Å². The molecule has 0 unspecified atom stereocenters. The monoisotopic (exact) mass is 346 g/mol. The van der Waals surface area contributed by atoms with E-state index < -0.39 is 0 Å². The molecule has 2 N–H and O–H groups in total. The van der Waals surface area contributed by atoms with E-state index in [1.165, 1.54) is 12.1 Å². The summed E-state index contributed by atoms with van der Waals surface area (Å²) >= 11 is 1.65. The summed E-state index contributed by atoms with van der Waals surface area (Å²) in [5, 5.41) is 5.28. The van der Waals surface area contributed by atoms with Gasteiger partial charge >= 0.3 is 0 Å². The van der Waals surface area contributed by atoms with E-state index in [9.17, 15) is 14.0 Å². The maximum absolute atomic E-state index is 13.0. The number of carbonyl (C=O) groups excluding carboxylic acids is 2. The second kappa shape index (κ2) is 9.72. The normalized spacial score (nSPS) is 10.2. The van der Waals surface area contributed by atoms with Gasteiger partial charge in [0.1, 0.15) is 5.82 Å². The lowest BCUT2D eigenvalue weighted by Gasteiger charge is -2.07. The predicted molar refractivity (Wildman–Crippen MR) is 93.3 cm³/mol. The van der Waals surface area contributed by atoms with Crippen LogP contribution in [-0.4, -0.2) is 30.7 Å². The molecule has 2 aromatic rings. The molecular formula is C18H19FN2O2S. The fraction of sp³-hybridized carbons (Fsp3) is 0.222. The van der Waals surface area contributed by atoms with Crippen LogP contribution in [0, 0.1) is 5.82 Å². The first-order valence-corrected chi connectivity index (χ1v) is 8.58. The molecule has 24 heavy (non-hydrogen) atoms. The molecule has 0 fully saturated rings. The first-order chi connectivity index (χ1) is 11.6. The fourth-order valence-electron chi connectivity index (χ4n) is 2.01. The van der Waals surface area contributed by atoms with Gasteiger partial charge in [-0.2, -0.15) is 0 Å². The number of carbonyl (C=O) groups is 2. The van der Waals surface area contributed by atoms with E-state index >= 15 is 0 Å². The lowest BCUT2D eigenvalue weighted by molar-refractivity contribution is -0.125. The Morgan fingerprint density at radius 1 is 0.958 bits per heavy atom. The fourth-order valence-corrected chi connectivity index (χ4v) is 2.80. The number of hydrogen-bond acceptors (Lipinski definition) is 3. The summed E-state index contributed by atoms with van der Waals surface area (Å²) in [4.78, 5) is 24.5. The molecule has 2 amide bonds. The molecule has 2 rings (SSSR count). The average molecular weight is 346 g/mol. The molecule has 6 heteroatoms. The van der Waals surface area contributed by atoms with E-state index in [-0.39, 0.29) is 30.6 Å². The smallest absolute Gasteiger partial charge is 0.239 e. The average Bonchev–Trinajstić information content (AvgIpc) is 2.58. The molecule has 0 aromatic heterocycles. The molecule has 0 bridgehead atoms. The van der Waals surface area contributed by atoms with Gasteiger partial charge in [-0.1, -0.05) is 30.3 Å². The van der Waals surface area contributed by atoms with Gasteiger partial charge in [-0.3, -0.25) is 9.59 Å². The van der Waals surface area contributed by atoms with Crippen molar-refractivity contribution in [2.45, 2.75) is 11.3 Å². The highest BCUT2D eigenvalue weighted by Crippen LogP contribution is 2.15. The van der Waals surface area contributed by atoms with Crippen molar-refractivity contribution < 1.29 is 14.0 Å². The molecule has 0 aliphatic heterocycles. The molecule has 2 aromatic carbocycles. The zero-order valence-corrected chi connectivity index (χ0v) is 13.9. The summed E-state index contributed by atoms with van der Waals surface area (Å²) in [5.41, 5.74) is 0.576. The van der Waals surface area contributed by atoms with Gasteiger partial charge in [-0.25, -0.2) is 4.39 Å². The van der Waals surface area contributed by atoms with Crippen LogP contribution in [0.5, 0.6) is 0 Å². The second-order valence-corrected chi connectivity index (χ2v) is 6.26. The number of hydrogen-bond donors (Lipinski definition) is 2. The van der Waals surface area contributed by atoms with Crippen LogP contribution in [0.25, 0.3) is 0 Å². The molecule has 0 aliphatic rings. The number of nitrogens with one attached hydrogen (secondary N) is 2. The number of benzene rings is 2. The number of amides is 2. The van der Waals surface area contributed by atoms with Crippen molar-refractivity contribution in [3.8, 4) is 0 Å². The van der Waals surface area contributed by atoms with Crippen molar-refractivity contribution in [2.75, 3.05) is 18.8 Å². The Labute approximate surface area is 144 Å². The van der Waals surface area contributed by atoms with E-state index in [0.717, 1.165) is 10.6 Å². The van der Waals surface area contributed by atoms with Gasteiger partial charge in [-0.05, 0) is 29.8 Å². The minimum Gasteiger partial charge on any atom is -0.354 e. The van der Waals surface area contributed by atoms with Crippen LogP contribution < -0.4 is 10.6 Å². The van der Waals surface area contributed by atoms with Crippen molar-refractivity contribution in [3.05, 3.63) is 66.0 Å². The Kier molecular flexibility index (Phi) is 7.29. The standard InChI is InChI=1S/C18H19FN2O2S/c19-15-6-4-5-14(11-15)12-17(22)21-13-18(23)20-9-10-24-16-7-2-1-3-8-16/h1-8,11H,9-10,12-13H2,(H,20,23)(H,21,22). The Morgan fingerprint density at radius 2 is 1.75 bits per heavy atom. The Hall–Kier alpha value is -2.34. The third kappa shape index (κ3) is 6.83. The summed E-state index contributed by atoms with van der Waals surface area (Å²) < 4.78 is 13.0. The van der Waals surface area contributed by atoms with E-state index in [2.05, 4.69) is 10.6 Å². The van der Waals surface area contributed by atoms with Crippen molar-refractivity contribution in [1.29, 1.82) is 0 Å². The predicted octanol–water partition coefficient (Wildman–Crippen LogP) is 2.39. The van der Waals surface area contributed by atoms with E-state index in [4.69, 9.17) is 0 Å². The number of halogens is 1. The highest BCUT2D eigenvalue weighted by Gasteiger charge is 2.07. The van der Waals surface area contributed by atoms with Crippen LogP contribution in [0.2, 0.25) is 0 Å². The molecule has 0 radical (unpaired) electrons. The first-order valence-electron chi connectivity index (χ1n) is 7.59. The SMILES string of the molecule is O=C(CNC(=O)Cc1cccc(F)c1)NCCSc1ccccc1. The van der Waals surface area contributed by atoms with Gasteiger partial charge < -0.3 is 10.6 Å². The van der Waals surface area contributed by atoms with Gasteiger partial charge in [0.15, 0.2) is 0 Å². The minimum absolute atomic E-state index is 0.0505. The van der Waals surface area contributed by atoms with Crippen molar-refractivity contribution in [2.24, 2.45) is 0 Å². The summed E-state index contributed by atoms with van der Waals surface area (Å²) in [6.45, 7) is 0.447. The van der Waals surface area contributed by atoms with E-state index in [0.29, 0.717) is 12.1 Å². The molecule has 0 saturated heterocycles. The van der Waals surface area contributed by atoms with Gasteiger partial charge in [0.05, 0.1) is 13.0 Å². The number of thioether (sulfide) groups is 1. The molecule has 0 heterocycles. The van der Waals surface area contributed by atoms with Crippen LogP contribution in [-0.2, 0) is 16.0 Å². The zero-order chi connectivity index (χ0) is 17.2. The molecule has 4 nitrogen and oxygen atoms in total. The van der Waals surface area contributed by atoms with Gasteiger partial charge in [-0.15, -0.1) is 11.8 Å². The Bertz CT molecular complexity index is 680. The minimum atomic E-state index is -0.381. The van der Waals surface area contributed by atoms with Gasteiger partial charge in [0, 0.05) is 17.2 Å². The van der Waals surface area contributed by atoms with E-state index in [1.54, 1.807) is 23.9 Å². The summed E-state index contributed by atoms with van der Waals surface area (Å²) in [5.74, 6) is -0.174. The Balaban J connectivity index is 1.59. The molecule has 0 aliphatic carbocycles. The lowest BCUT2D eigenvalue weighted by Crippen LogP contribution is -2.38. The maximum Gasteiger partial charge on any atom is 0.239 e. The third-order valence-corrected chi connectivity index (χ3v) is 4.15. The molecule has 0 saturated carbocycles. The lowest BCUT2D eigenvalue weighted by atomic mass is 10.1. The summed E-state index contributed by atoms with van der Waals surface area (Å²) in [6.07, 6.45) is 0.0505. The van der Waals surface area contributed by atoms with Crippen molar-refractivity contribution >= 4 is 23.6 Å². The van der Waals surface area contributed by atoms with Gasteiger partial charge in [0.25, 0.3) is 0 Å². The first kappa shape index (κ1) is 18.0. The van der Waals surface area contributed by atoms with Crippen LogP contribution >= 0.6 is 11.8 Å². The molecule has 126 valence electrons. The van der Waals surface area contributed by atoms with Crippen molar-refractivity contribution in [1.82, 2.24) is 10.6 Å². The van der Waals surface area contributed by atoms with Crippen LogP contribution in [0.4, 0.5) is 4.39 Å². The topological polar surface area (TPSA) is 58.2 Å². The highest BCUT2D eigenvalue weighted by atomic mass is 32.2. The molecular weight excluding hydrogens is 327 g/mol. The van der Waals surface area contributed by atoms with Crippen LogP contribution in [0.1, 0.15) is 5.56 Å². The second-order valence-electron chi connectivity index (χ2n) is 5.09. The van der Waals surface area contributed by atoms with Crippen LogP contribution in [0.3, 0.4) is 0 Å². The van der Waals surface area contributed by atoms with E-state index in [1.807, 2.05) is 30.3 Å². The maximum atomic E-state index is 13.0. The quantitative estimate of drug-likeness (QED) is 0.570. The summed E-state index contributed by atoms with van der Waals surface area (Å²) in [7, 11) is 0. The van der Waals surface area contributed by atoms with Crippen molar-refractivity contribution in [3.63, 3.8) is 0 Å². The van der Waals surface area contributed by atoms with Gasteiger partial charge in [0.2, 0.25) is 11.8 Å².